The molecule has 0 unspecified atom stereocenters. The third-order valence-corrected chi connectivity index (χ3v) is 15.0. The van der Waals surface area contributed by atoms with Crippen LogP contribution in [0.4, 0.5) is 34.1 Å². The predicted molar refractivity (Wildman–Crippen MR) is 316 cm³/mol. The first-order valence-electron chi connectivity index (χ1n) is 25.5. The van der Waals surface area contributed by atoms with Crippen molar-refractivity contribution in [3.05, 3.63) is 291 Å². The second-order valence-corrected chi connectivity index (χ2v) is 19.2. The molecule has 346 valence electrons. The van der Waals surface area contributed by atoms with E-state index in [0.29, 0.717) is 0 Å². The summed E-state index contributed by atoms with van der Waals surface area (Å²) in [4.78, 5) is 4.81. The van der Waals surface area contributed by atoms with Crippen molar-refractivity contribution in [2.24, 2.45) is 0 Å². The molecule has 0 fully saturated rings. The average Bonchev–Trinajstić information content (AvgIpc) is 3.47. The van der Waals surface area contributed by atoms with Gasteiger partial charge in [-0.2, -0.15) is 0 Å². The standard InChI is InChI=1S/C72H48N2/c1-3-17-51(18-4-1)65-23-11-13-25-69(65)73(61-41-27-49-15-7-9-21-57(49)47-61)59-37-29-53(30-38-59)63-43-33-55-36-46-68-64(44-34-56-35-45-67(63)71(55)72(56)68)54-31-39-60(40-32-54)74(62-42-28-50-16-8-10-22-58(50)48-62)70-26-14-12-24-66(70)52-19-5-2-6-20-52/h1-48H. The van der Waals surface area contributed by atoms with Gasteiger partial charge in [0.1, 0.15) is 0 Å². The Balaban J connectivity index is 0.855. The van der Waals surface area contributed by atoms with Gasteiger partial charge in [0.2, 0.25) is 0 Å². The van der Waals surface area contributed by atoms with Gasteiger partial charge < -0.3 is 9.80 Å². The summed E-state index contributed by atoms with van der Waals surface area (Å²) < 4.78 is 0. The van der Waals surface area contributed by atoms with Crippen LogP contribution in [0.5, 0.6) is 0 Å². The second-order valence-electron chi connectivity index (χ2n) is 19.2. The van der Waals surface area contributed by atoms with E-state index in [1.54, 1.807) is 0 Å². The van der Waals surface area contributed by atoms with Crippen molar-refractivity contribution in [1.29, 1.82) is 0 Å². The molecule has 0 saturated carbocycles. The Bertz CT molecular complexity index is 4070. The molecule has 0 saturated heterocycles. The molecule has 0 aliphatic rings. The molecule has 0 aliphatic carbocycles. The fourth-order valence-corrected chi connectivity index (χ4v) is 11.4. The maximum absolute atomic E-state index is 2.40. The Labute approximate surface area is 431 Å². The summed E-state index contributed by atoms with van der Waals surface area (Å²) in [6, 6.07) is 106. The van der Waals surface area contributed by atoms with Crippen molar-refractivity contribution in [2.75, 3.05) is 9.80 Å². The van der Waals surface area contributed by atoms with Crippen LogP contribution in [0.1, 0.15) is 0 Å². The lowest BCUT2D eigenvalue weighted by molar-refractivity contribution is 1.29. The van der Waals surface area contributed by atoms with Crippen molar-refractivity contribution in [1.82, 2.24) is 0 Å². The quantitative estimate of drug-likeness (QED) is 0.126. The highest BCUT2D eigenvalue weighted by Crippen LogP contribution is 2.47. The molecule has 74 heavy (non-hydrogen) atoms. The molecule has 14 aromatic rings. The normalized spacial score (nSPS) is 11.5. The van der Waals surface area contributed by atoms with Crippen LogP contribution in [0.3, 0.4) is 0 Å². The minimum Gasteiger partial charge on any atom is -0.310 e. The monoisotopic (exact) mass is 940 g/mol. The number of hydrogen-bond donors (Lipinski definition) is 0. The zero-order chi connectivity index (χ0) is 49.0. The van der Waals surface area contributed by atoms with Crippen LogP contribution >= 0.6 is 0 Å². The van der Waals surface area contributed by atoms with E-state index in [2.05, 4.69) is 301 Å². The lowest BCUT2D eigenvalue weighted by Gasteiger charge is -2.28. The van der Waals surface area contributed by atoms with E-state index < -0.39 is 0 Å². The summed E-state index contributed by atoms with van der Waals surface area (Å²) >= 11 is 0. The number of para-hydroxylation sites is 2. The highest BCUT2D eigenvalue weighted by Gasteiger charge is 2.21. The second kappa shape index (κ2) is 18.1. The van der Waals surface area contributed by atoms with Crippen LogP contribution in [0, 0.1) is 0 Å². The molecule has 0 atom stereocenters. The topological polar surface area (TPSA) is 6.48 Å². The first-order valence-corrected chi connectivity index (χ1v) is 25.5. The number of rotatable bonds is 10. The molecule has 0 heterocycles. The van der Waals surface area contributed by atoms with Crippen LogP contribution < -0.4 is 9.80 Å². The van der Waals surface area contributed by atoms with Crippen LogP contribution in [-0.4, -0.2) is 0 Å². The van der Waals surface area contributed by atoms with Gasteiger partial charge >= 0.3 is 0 Å². The number of anilines is 6. The molecule has 0 bridgehead atoms. The highest BCUT2D eigenvalue weighted by molar-refractivity contribution is 6.27. The SMILES string of the molecule is c1ccc(-c2ccccc2N(c2ccc(-c3ccc4ccc5c(-c6ccc(N(c7ccc8ccccc8c7)c7ccccc7-c7ccccc7)cc6)ccc6ccc3c4c65)cc2)c2ccc3ccccc3c2)cc1. The molecule has 2 heteroatoms. The molecule has 0 N–H and O–H groups in total. The molecule has 0 aromatic heterocycles. The van der Waals surface area contributed by atoms with E-state index >= 15 is 0 Å². The molecule has 14 aromatic carbocycles. The Kier molecular flexibility index (Phi) is 10.6. The van der Waals surface area contributed by atoms with Gasteiger partial charge in [-0.3, -0.25) is 0 Å². The van der Waals surface area contributed by atoms with Crippen molar-refractivity contribution in [3.8, 4) is 44.5 Å². The van der Waals surface area contributed by atoms with Crippen molar-refractivity contribution < 1.29 is 0 Å². The van der Waals surface area contributed by atoms with Gasteiger partial charge in [-0.1, -0.05) is 231 Å². The molecule has 0 radical (unpaired) electrons. The van der Waals surface area contributed by atoms with Crippen molar-refractivity contribution in [3.63, 3.8) is 0 Å². The van der Waals surface area contributed by atoms with E-state index in [1.165, 1.54) is 98.4 Å². The van der Waals surface area contributed by atoms with E-state index in [1.807, 2.05) is 0 Å². The number of benzene rings is 14. The fourth-order valence-electron chi connectivity index (χ4n) is 11.4. The van der Waals surface area contributed by atoms with Gasteiger partial charge in [-0.05, 0) is 148 Å². The first-order chi connectivity index (χ1) is 36.7. The van der Waals surface area contributed by atoms with Gasteiger partial charge in [0.15, 0.2) is 0 Å². The number of fused-ring (bicyclic) bond motifs is 2. The smallest absolute Gasteiger partial charge is 0.0540 e. The Morgan fingerprint density at radius 2 is 0.514 bits per heavy atom. The molecule has 0 spiro atoms. The Morgan fingerprint density at radius 3 is 0.946 bits per heavy atom. The molecular formula is C72H48N2. The van der Waals surface area contributed by atoms with Crippen LogP contribution in [0.25, 0.3) is 98.4 Å². The third-order valence-electron chi connectivity index (χ3n) is 15.0. The van der Waals surface area contributed by atoms with Gasteiger partial charge in [-0.25, -0.2) is 0 Å². The summed E-state index contributed by atoms with van der Waals surface area (Å²) in [5.41, 5.74) is 16.2. The molecule has 0 aliphatic heterocycles. The first kappa shape index (κ1) is 43.1. The van der Waals surface area contributed by atoms with Crippen LogP contribution in [-0.2, 0) is 0 Å². The Morgan fingerprint density at radius 1 is 0.189 bits per heavy atom. The molecule has 2 nitrogen and oxygen atoms in total. The van der Waals surface area contributed by atoms with Crippen LogP contribution in [0.2, 0.25) is 0 Å². The van der Waals surface area contributed by atoms with Gasteiger partial charge in [0.05, 0.1) is 11.4 Å². The van der Waals surface area contributed by atoms with Crippen LogP contribution in [0.15, 0.2) is 291 Å². The fraction of sp³-hybridized carbons (Fsp3) is 0. The predicted octanol–water partition coefficient (Wildman–Crippen LogP) is 20.5. The summed E-state index contributed by atoms with van der Waals surface area (Å²) in [5.74, 6) is 0. The summed E-state index contributed by atoms with van der Waals surface area (Å²) in [6.45, 7) is 0. The highest BCUT2D eigenvalue weighted by atomic mass is 15.1. The van der Waals surface area contributed by atoms with E-state index in [-0.39, 0.29) is 0 Å². The molecule has 0 amide bonds. The van der Waals surface area contributed by atoms with Gasteiger partial charge in [-0.15, -0.1) is 0 Å². The van der Waals surface area contributed by atoms with E-state index in [9.17, 15) is 0 Å². The maximum atomic E-state index is 2.40. The van der Waals surface area contributed by atoms with Gasteiger partial charge in [0.25, 0.3) is 0 Å². The summed E-state index contributed by atoms with van der Waals surface area (Å²) in [7, 11) is 0. The third kappa shape index (κ3) is 7.52. The number of hydrogen-bond acceptors (Lipinski definition) is 2. The molecular weight excluding hydrogens is 893 g/mol. The van der Waals surface area contributed by atoms with E-state index in [0.717, 1.165) is 34.1 Å². The lowest BCUT2D eigenvalue weighted by Crippen LogP contribution is -2.11. The average molecular weight is 941 g/mol. The van der Waals surface area contributed by atoms with Gasteiger partial charge in [0, 0.05) is 33.9 Å². The lowest BCUT2D eigenvalue weighted by atomic mass is 9.87. The van der Waals surface area contributed by atoms with Crippen molar-refractivity contribution in [2.45, 2.75) is 0 Å². The summed E-state index contributed by atoms with van der Waals surface area (Å²) in [6.07, 6.45) is 0. The Hall–Kier alpha value is -9.76. The zero-order valence-corrected chi connectivity index (χ0v) is 40.6. The zero-order valence-electron chi connectivity index (χ0n) is 40.6. The summed E-state index contributed by atoms with van der Waals surface area (Å²) in [5, 5.41) is 12.5. The molecule has 14 rings (SSSR count). The van der Waals surface area contributed by atoms with E-state index in [4.69, 9.17) is 0 Å². The maximum Gasteiger partial charge on any atom is 0.0540 e. The minimum atomic E-state index is 1.10. The van der Waals surface area contributed by atoms with Crippen molar-refractivity contribution >= 4 is 88.0 Å². The minimum absolute atomic E-state index is 1.10. The largest absolute Gasteiger partial charge is 0.310 e. The number of nitrogens with zero attached hydrogens (tertiary/aromatic N) is 2.